The normalized spacial score (nSPS) is 22.3. The van der Waals surface area contributed by atoms with E-state index in [1.54, 1.807) is 25.6 Å². The van der Waals surface area contributed by atoms with Gasteiger partial charge in [-0.2, -0.15) is 0 Å². The molecule has 1 fully saturated rings. The van der Waals surface area contributed by atoms with Crippen LogP contribution < -0.4 is 0 Å². The van der Waals surface area contributed by atoms with E-state index in [-0.39, 0.29) is 17.9 Å². The van der Waals surface area contributed by atoms with E-state index in [9.17, 15) is 5.11 Å². The zero-order chi connectivity index (χ0) is 15.7. The van der Waals surface area contributed by atoms with Crippen LogP contribution in [0.2, 0.25) is 0 Å². The Bertz CT molecular complexity index is 657. The highest BCUT2D eigenvalue weighted by Crippen LogP contribution is 2.34. The highest BCUT2D eigenvalue weighted by Gasteiger charge is 2.36. The molecule has 0 bridgehead atoms. The average molecular weight is 303 g/mol. The minimum absolute atomic E-state index is 0.110. The van der Waals surface area contributed by atoms with Crippen molar-refractivity contribution < 1.29 is 9.84 Å². The van der Waals surface area contributed by atoms with Gasteiger partial charge in [0.1, 0.15) is 17.9 Å². The van der Waals surface area contributed by atoms with Crippen molar-refractivity contribution in [2.45, 2.75) is 32.0 Å². The van der Waals surface area contributed by atoms with Crippen molar-refractivity contribution in [2.75, 3.05) is 13.7 Å². The quantitative estimate of drug-likeness (QED) is 0.914. The topological polar surface area (TPSA) is 76.3 Å². The first kappa shape index (κ1) is 14.9. The summed E-state index contributed by atoms with van der Waals surface area (Å²) in [6, 6.07) is 3.61. The van der Waals surface area contributed by atoms with Gasteiger partial charge in [0.25, 0.3) is 0 Å². The van der Waals surface area contributed by atoms with Gasteiger partial charge in [0, 0.05) is 32.9 Å². The van der Waals surface area contributed by atoms with Crippen LogP contribution >= 0.6 is 0 Å². The molecular weight excluding hydrogens is 282 g/mol. The first-order chi connectivity index (χ1) is 10.6. The third-order valence-corrected chi connectivity index (χ3v) is 4.19. The van der Waals surface area contributed by atoms with Gasteiger partial charge in [-0.1, -0.05) is 0 Å². The zero-order valence-electron chi connectivity index (χ0n) is 13.1. The lowest BCUT2D eigenvalue weighted by atomic mass is 10.2. The molecule has 0 unspecified atom stereocenters. The molecule has 2 atom stereocenters. The fourth-order valence-corrected chi connectivity index (χ4v) is 2.98. The van der Waals surface area contributed by atoms with Gasteiger partial charge in [-0.05, 0) is 25.5 Å². The molecule has 118 valence electrons. The summed E-state index contributed by atoms with van der Waals surface area (Å²) < 4.78 is 7.45. The molecule has 1 aliphatic rings. The lowest BCUT2D eigenvalue weighted by Gasteiger charge is -2.23. The number of likely N-dealkylation sites (tertiary alicyclic amines) is 1. The molecule has 0 saturated carbocycles. The number of aromatic nitrogens is 4. The first-order valence-electron chi connectivity index (χ1n) is 7.34. The van der Waals surface area contributed by atoms with Gasteiger partial charge < -0.3 is 14.4 Å². The van der Waals surface area contributed by atoms with Gasteiger partial charge in [0.15, 0.2) is 0 Å². The molecule has 7 heteroatoms. The van der Waals surface area contributed by atoms with Gasteiger partial charge in [0.05, 0.1) is 17.8 Å². The Balaban J connectivity index is 1.86. The molecule has 0 aromatic carbocycles. The highest BCUT2D eigenvalue weighted by molar-refractivity contribution is 5.27. The van der Waals surface area contributed by atoms with Crippen molar-refractivity contribution in [3.05, 3.63) is 35.7 Å². The van der Waals surface area contributed by atoms with Crippen LogP contribution in [0.3, 0.4) is 0 Å². The molecule has 1 aliphatic heterocycles. The second kappa shape index (κ2) is 6.02. The first-order valence-corrected chi connectivity index (χ1v) is 7.34. The van der Waals surface area contributed by atoms with Gasteiger partial charge in [-0.3, -0.25) is 9.88 Å². The second-order valence-electron chi connectivity index (χ2n) is 5.76. The minimum Gasteiger partial charge on any atom is -0.506 e. The summed E-state index contributed by atoms with van der Waals surface area (Å²) in [6.07, 6.45) is 2.71. The number of pyridine rings is 1. The Kier molecular flexibility index (Phi) is 4.08. The number of nitrogens with zero attached hydrogens (tertiary/aromatic N) is 5. The fourth-order valence-electron chi connectivity index (χ4n) is 2.98. The van der Waals surface area contributed by atoms with Crippen molar-refractivity contribution in [3.8, 4) is 5.75 Å². The number of aryl methyl sites for hydroxylation is 2. The van der Waals surface area contributed by atoms with Crippen LogP contribution in [0.1, 0.15) is 29.7 Å². The van der Waals surface area contributed by atoms with Crippen molar-refractivity contribution in [3.63, 3.8) is 0 Å². The number of hydrogen-bond donors (Lipinski definition) is 1. The zero-order valence-corrected chi connectivity index (χ0v) is 13.1. The Labute approximate surface area is 129 Å². The van der Waals surface area contributed by atoms with Gasteiger partial charge in [-0.25, -0.2) is 0 Å². The van der Waals surface area contributed by atoms with E-state index in [0.29, 0.717) is 12.2 Å². The molecule has 2 aromatic heterocycles. The van der Waals surface area contributed by atoms with Crippen molar-refractivity contribution in [1.29, 1.82) is 0 Å². The maximum Gasteiger partial charge on any atom is 0.150 e. The summed E-state index contributed by atoms with van der Waals surface area (Å²) in [5.41, 5.74) is 1.58. The Morgan fingerprint density at radius 1 is 1.41 bits per heavy atom. The van der Waals surface area contributed by atoms with Crippen LogP contribution in [0.15, 0.2) is 18.5 Å². The molecule has 0 spiro atoms. The summed E-state index contributed by atoms with van der Waals surface area (Å²) in [4.78, 5) is 6.69. The third-order valence-electron chi connectivity index (χ3n) is 4.19. The summed E-state index contributed by atoms with van der Waals surface area (Å²) in [5.74, 6) is 1.13. The van der Waals surface area contributed by atoms with Crippen molar-refractivity contribution >= 4 is 0 Å². The fraction of sp³-hybridized carbons (Fsp3) is 0.533. The third kappa shape index (κ3) is 2.82. The lowest BCUT2D eigenvalue weighted by molar-refractivity contribution is 0.107. The second-order valence-corrected chi connectivity index (χ2v) is 5.76. The van der Waals surface area contributed by atoms with E-state index < -0.39 is 0 Å². The molecule has 0 aliphatic carbocycles. The summed E-state index contributed by atoms with van der Waals surface area (Å²) in [7, 11) is 3.67. The molecule has 3 heterocycles. The molecule has 0 amide bonds. The maximum absolute atomic E-state index is 10.0. The van der Waals surface area contributed by atoms with E-state index in [2.05, 4.69) is 20.1 Å². The number of methoxy groups -OCH3 is 1. The van der Waals surface area contributed by atoms with Crippen molar-refractivity contribution in [2.24, 2.45) is 7.05 Å². The Hall–Kier alpha value is -1.99. The molecule has 22 heavy (non-hydrogen) atoms. The number of ether oxygens (including phenoxy) is 1. The molecule has 0 radical (unpaired) electrons. The number of aromatic hydroxyl groups is 1. The summed E-state index contributed by atoms with van der Waals surface area (Å²) in [6.45, 7) is 3.26. The van der Waals surface area contributed by atoms with E-state index in [1.165, 1.54) is 0 Å². The monoisotopic (exact) mass is 303 g/mol. The summed E-state index contributed by atoms with van der Waals surface area (Å²) >= 11 is 0. The van der Waals surface area contributed by atoms with Gasteiger partial charge in [0.2, 0.25) is 0 Å². The molecule has 2 aromatic rings. The van der Waals surface area contributed by atoms with Crippen LogP contribution in [0.5, 0.6) is 5.75 Å². The SMILES string of the molecule is CO[C@@H]1C[C@@H](c2nncn2C)N(Cc2nc(C)ccc2O)C1. The highest BCUT2D eigenvalue weighted by atomic mass is 16.5. The van der Waals surface area contributed by atoms with Crippen LogP contribution in [0, 0.1) is 6.92 Å². The van der Waals surface area contributed by atoms with Gasteiger partial charge >= 0.3 is 0 Å². The minimum atomic E-state index is 0.110. The van der Waals surface area contributed by atoms with E-state index in [0.717, 1.165) is 24.5 Å². The molecule has 7 nitrogen and oxygen atoms in total. The van der Waals surface area contributed by atoms with E-state index in [4.69, 9.17) is 4.74 Å². The molecule has 1 N–H and O–H groups in total. The largest absolute Gasteiger partial charge is 0.506 e. The van der Waals surface area contributed by atoms with Crippen LogP contribution in [-0.4, -0.2) is 49.5 Å². The predicted molar refractivity (Wildman–Crippen MR) is 80.2 cm³/mol. The average Bonchev–Trinajstić information content (AvgIpc) is 3.08. The maximum atomic E-state index is 10.0. The van der Waals surface area contributed by atoms with Crippen molar-refractivity contribution in [1.82, 2.24) is 24.6 Å². The van der Waals surface area contributed by atoms with Crippen LogP contribution in [0.25, 0.3) is 0 Å². The molecule has 1 saturated heterocycles. The predicted octanol–water partition coefficient (Wildman–Crippen LogP) is 1.19. The van der Waals surface area contributed by atoms with Crippen LogP contribution in [-0.2, 0) is 18.3 Å². The Morgan fingerprint density at radius 2 is 2.23 bits per heavy atom. The number of rotatable bonds is 4. The van der Waals surface area contributed by atoms with E-state index >= 15 is 0 Å². The number of hydrogen-bond acceptors (Lipinski definition) is 6. The van der Waals surface area contributed by atoms with Gasteiger partial charge in [-0.15, -0.1) is 10.2 Å². The smallest absolute Gasteiger partial charge is 0.150 e. The van der Waals surface area contributed by atoms with Crippen LogP contribution in [0.4, 0.5) is 0 Å². The Morgan fingerprint density at radius 3 is 2.91 bits per heavy atom. The lowest BCUT2D eigenvalue weighted by Crippen LogP contribution is -2.26. The van der Waals surface area contributed by atoms with E-state index in [1.807, 2.05) is 18.5 Å². The molecule has 3 rings (SSSR count). The standard InChI is InChI=1S/C15H21N5O2/c1-10-4-5-14(21)12(17-10)8-20-7-11(22-3)6-13(20)15-18-16-9-19(15)2/h4-5,9,11,13,21H,6-8H2,1-3H3/t11-,13+/m1/s1. The summed E-state index contributed by atoms with van der Waals surface area (Å²) in [5, 5.41) is 18.2. The molecular formula is C15H21N5O2.